The van der Waals surface area contributed by atoms with Crippen molar-refractivity contribution in [3.05, 3.63) is 65.7 Å². The molecule has 0 radical (unpaired) electrons. The average molecular weight is 463 g/mol. The van der Waals surface area contributed by atoms with Crippen molar-refractivity contribution in [3.63, 3.8) is 0 Å². The van der Waals surface area contributed by atoms with Crippen LogP contribution >= 0.6 is 0 Å². The first-order valence-corrected chi connectivity index (χ1v) is 11.6. The Hall–Kier alpha value is -3.35. The van der Waals surface area contributed by atoms with Gasteiger partial charge in [0, 0.05) is 13.1 Å². The maximum absolute atomic E-state index is 12.3. The van der Waals surface area contributed by atoms with E-state index in [1.807, 2.05) is 48.5 Å². The normalized spacial score (nSPS) is 14.3. The number of nitriles is 1. The van der Waals surface area contributed by atoms with Crippen LogP contribution in [0.4, 0.5) is 0 Å². The Morgan fingerprint density at radius 3 is 2.50 bits per heavy atom. The topological polar surface area (TPSA) is 123 Å². The molecular formula is C25H30BN3O5. The summed E-state index contributed by atoms with van der Waals surface area (Å²) >= 11 is 0. The second-order valence-corrected chi connectivity index (χ2v) is 8.42. The van der Waals surface area contributed by atoms with E-state index in [0.29, 0.717) is 25.0 Å². The second-order valence-electron chi connectivity index (χ2n) is 8.42. The zero-order valence-corrected chi connectivity index (χ0v) is 19.1. The fraction of sp³-hybridized carbons (Fsp3) is 0.400. The summed E-state index contributed by atoms with van der Waals surface area (Å²) < 4.78 is 5.70. The van der Waals surface area contributed by atoms with Gasteiger partial charge < -0.3 is 25.0 Å². The van der Waals surface area contributed by atoms with Gasteiger partial charge in [-0.2, -0.15) is 5.26 Å². The Morgan fingerprint density at radius 1 is 1.12 bits per heavy atom. The number of ether oxygens (including phenoxy) is 1. The summed E-state index contributed by atoms with van der Waals surface area (Å²) in [5.74, 6) is -1.29. The van der Waals surface area contributed by atoms with E-state index in [2.05, 4.69) is 11.4 Å². The van der Waals surface area contributed by atoms with E-state index in [9.17, 15) is 24.9 Å². The molecule has 0 saturated carbocycles. The predicted octanol–water partition coefficient (Wildman–Crippen LogP) is 1.50. The van der Waals surface area contributed by atoms with Crippen molar-refractivity contribution in [3.8, 4) is 11.8 Å². The SMILES string of the molecule is N#CC(CCc1cccc(OCCC(=O)N[C@@H](Cc2ccccc2)B(O)O)c1)C(=O)N1CCC1. The van der Waals surface area contributed by atoms with Gasteiger partial charge in [0.25, 0.3) is 0 Å². The zero-order chi connectivity index (χ0) is 24.3. The first-order valence-electron chi connectivity index (χ1n) is 11.6. The third kappa shape index (κ3) is 7.61. The molecule has 34 heavy (non-hydrogen) atoms. The van der Waals surface area contributed by atoms with Gasteiger partial charge in [-0.25, -0.2) is 0 Å². The summed E-state index contributed by atoms with van der Waals surface area (Å²) in [4.78, 5) is 26.3. The third-order valence-corrected chi connectivity index (χ3v) is 5.84. The average Bonchev–Trinajstić information content (AvgIpc) is 2.79. The number of benzene rings is 2. The molecule has 0 aliphatic carbocycles. The van der Waals surface area contributed by atoms with Crippen LogP contribution in [0, 0.1) is 17.2 Å². The molecule has 1 saturated heterocycles. The lowest BCUT2D eigenvalue weighted by Crippen LogP contribution is -2.48. The van der Waals surface area contributed by atoms with E-state index >= 15 is 0 Å². The number of carbonyl (C=O) groups excluding carboxylic acids is 2. The lowest BCUT2D eigenvalue weighted by molar-refractivity contribution is -0.137. The Bertz CT molecular complexity index is 992. The van der Waals surface area contributed by atoms with E-state index in [1.165, 1.54) is 0 Å². The van der Waals surface area contributed by atoms with Gasteiger partial charge in [0.05, 0.1) is 25.0 Å². The summed E-state index contributed by atoms with van der Waals surface area (Å²) in [6, 6.07) is 18.8. The Labute approximate surface area is 200 Å². The summed E-state index contributed by atoms with van der Waals surface area (Å²) in [6.07, 6.45) is 2.38. The summed E-state index contributed by atoms with van der Waals surface area (Å²) in [5.41, 5.74) is 1.84. The number of amides is 2. The Kier molecular flexibility index (Phi) is 9.50. The highest BCUT2D eigenvalue weighted by molar-refractivity contribution is 6.43. The van der Waals surface area contributed by atoms with Gasteiger partial charge >= 0.3 is 7.12 Å². The highest BCUT2D eigenvalue weighted by atomic mass is 16.5. The first kappa shape index (κ1) is 25.3. The van der Waals surface area contributed by atoms with E-state index in [1.54, 1.807) is 11.0 Å². The standard InChI is InChI=1S/C25H30BN3O5/c27-18-21(25(31)29-13-5-14-29)11-10-20-8-4-9-22(16-20)34-15-12-24(30)28-23(26(32)33)17-19-6-2-1-3-7-19/h1-4,6-9,16,21,23,32-33H,5,10-15,17H2,(H,28,30)/t21?,23-/m0/s1. The van der Waals surface area contributed by atoms with Crippen molar-refractivity contribution in [2.24, 2.45) is 5.92 Å². The number of aryl methyl sites for hydroxylation is 1. The van der Waals surface area contributed by atoms with E-state index in [4.69, 9.17) is 4.74 Å². The van der Waals surface area contributed by atoms with E-state index < -0.39 is 19.0 Å². The van der Waals surface area contributed by atoms with Crippen LogP contribution in [0.2, 0.25) is 0 Å². The molecule has 0 aromatic heterocycles. The molecule has 2 amide bonds. The molecule has 1 heterocycles. The van der Waals surface area contributed by atoms with Crippen LogP contribution < -0.4 is 10.1 Å². The van der Waals surface area contributed by atoms with Gasteiger partial charge in [0.1, 0.15) is 11.7 Å². The van der Waals surface area contributed by atoms with Crippen LogP contribution in [0.15, 0.2) is 54.6 Å². The summed E-state index contributed by atoms with van der Waals surface area (Å²) in [5, 5.41) is 31.2. The molecule has 2 atom stereocenters. The molecule has 2 aromatic rings. The number of rotatable bonds is 12. The molecule has 0 spiro atoms. The fourth-order valence-corrected chi connectivity index (χ4v) is 3.74. The minimum Gasteiger partial charge on any atom is -0.493 e. The minimum absolute atomic E-state index is 0.0586. The van der Waals surface area contributed by atoms with Crippen LogP contribution in [-0.4, -0.2) is 59.5 Å². The Balaban J connectivity index is 1.43. The zero-order valence-electron chi connectivity index (χ0n) is 19.1. The molecule has 8 nitrogen and oxygen atoms in total. The molecular weight excluding hydrogens is 433 g/mol. The number of nitrogens with zero attached hydrogens (tertiary/aromatic N) is 2. The minimum atomic E-state index is -1.67. The highest BCUT2D eigenvalue weighted by Gasteiger charge is 2.28. The van der Waals surface area contributed by atoms with Crippen molar-refractivity contribution in [1.29, 1.82) is 5.26 Å². The maximum atomic E-state index is 12.3. The van der Waals surface area contributed by atoms with Gasteiger partial charge in [0.15, 0.2) is 0 Å². The van der Waals surface area contributed by atoms with Gasteiger partial charge in [-0.1, -0.05) is 42.5 Å². The first-order chi connectivity index (χ1) is 16.5. The van der Waals surface area contributed by atoms with Gasteiger partial charge in [-0.3, -0.25) is 9.59 Å². The van der Waals surface area contributed by atoms with Gasteiger partial charge in [-0.15, -0.1) is 0 Å². The molecule has 1 aliphatic rings. The number of hydrogen-bond acceptors (Lipinski definition) is 6. The Morgan fingerprint density at radius 2 is 1.85 bits per heavy atom. The lowest BCUT2D eigenvalue weighted by atomic mass is 9.76. The third-order valence-electron chi connectivity index (χ3n) is 5.84. The lowest BCUT2D eigenvalue weighted by Gasteiger charge is -2.32. The summed E-state index contributed by atoms with van der Waals surface area (Å²) in [7, 11) is -1.67. The predicted molar refractivity (Wildman–Crippen MR) is 127 cm³/mol. The van der Waals surface area contributed by atoms with Gasteiger partial charge in [0.2, 0.25) is 11.8 Å². The number of nitrogens with one attached hydrogen (secondary N) is 1. The van der Waals surface area contributed by atoms with E-state index in [-0.39, 0.29) is 24.8 Å². The van der Waals surface area contributed by atoms with Crippen LogP contribution in [-0.2, 0) is 22.4 Å². The van der Waals surface area contributed by atoms with Crippen molar-refractivity contribution < 1.29 is 24.4 Å². The molecule has 9 heteroatoms. The maximum Gasteiger partial charge on any atom is 0.475 e. The monoisotopic (exact) mass is 463 g/mol. The molecule has 1 unspecified atom stereocenters. The molecule has 3 rings (SSSR count). The number of carbonyl (C=O) groups is 2. The number of likely N-dealkylation sites (tertiary alicyclic amines) is 1. The van der Waals surface area contributed by atoms with Crippen molar-refractivity contribution in [1.82, 2.24) is 10.2 Å². The van der Waals surface area contributed by atoms with E-state index in [0.717, 1.165) is 30.6 Å². The van der Waals surface area contributed by atoms with Crippen molar-refractivity contribution in [2.45, 2.75) is 38.0 Å². The van der Waals surface area contributed by atoms with Crippen LogP contribution in [0.3, 0.4) is 0 Å². The van der Waals surface area contributed by atoms with Crippen molar-refractivity contribution in [2.75, 3.05) is 19.7 Å². The van der Waals surface area contributed by atoms with Crippen LogP contribution in [0.25, 0.3) is 0 Å². The van der Waals surface area contributed by atoms with Gasteiger partial charge in [-0.05, 0) is 48.9 Å². The van der Waals surface area contributed by atoms with Crippen molar-refractivity contribution >= 4 is 18.9 Å². The molecule has 1 fully saturated rings. The summed E-state index contributed by atoms with van der Waals surface area (Å²) in [6.45, 7) is 1.60. The molecule has 2 aromatic carbocycles. The second kappa shape index (κ2) is 12.8. The molecule has 3 N–H and O–H groups in total. The molecule has 178 valence electrons. The molecule has 1 aliphatic heterocycles. The quantitative estimate of drug-likeness (QED) is 0.410. The largest absolute Gasteiger partial charge is 0.493 e. The highest BCUT2D eigenvalue weighted by Crippen LogP contribution is 2.19. The molecule has 0 bridgehead atoms. The smallest absolute Gasteiger partial charge is 0.475 e. The fourth-order valence-electron chi connectivity index (χ4n) is 3.74. The number of hydrogen-bond donors (Lipinski definition) is 3. The van der Waals surface area contributed by atoms with Crippen LogP contribution in [0.5, 0.6) is 5.75 Å². The van der Waals surface area contributed by atoms with Crippen LogP contribution in [0.1, 0.15) is 30.4 Å².